The number of piperazine rings is 1. The molecule has 1 fully saturated rings. The molecule has 0 saturated carbocycles. The summed E-state index contributed by atoms with van der Waals surface area (Å²) in [5.41, 5.74) is 1.65. The van der Waals surface area contributed by atoms with Crippen molar-refractivity contribution in [2.45, 2.75) is 17.9 Å². The first kappa shape index (κ1) is 18.9. The summed E-state index contributed by atoms with van der Waals surface area (Å²) in [6.45, 7) is 3.99. The molecule has 1 aliphatic rings. The fraction of sp³-hybridized carbons (Fsp3) is 0.286. The van der Waals surface area contributed by atoms with E-state index in [0.29, 0.717) is 36.6 Å². The third-order valence-corrected chi connectivity index (χ3v) is 7.52. The van der Waals surface area contributed by atoms with Gasteiger partial charge in [-0.2, -0.15) is 4.31 Å². The maximum Gasteiger partial charge on any atom is 0.243 e. The van der Waals surface area contributed by atoms with Crippen molar-refractivity contribution < 1.29 is 18.1 Å². The molecule has 6 nitrogen and oxygen atoms in total. The zero-order valence-electron chi connectivity index (χ0n) is 15.8. The molecule has 0 radical (unpaired) electrons. The topological polar surface area (TPSA) is 74.7 Å². The Labute approximate surface area is 164 Å². The SMILES string of the molecule is C[C@@H](C(=O)c1c[nH]c2ccccc12)[NH+]1CCN(S(=O)(=O)c2ccccc2)CC1. The average Bonchev–Trinajstić information content (AvgIpc) is 3.17. The number of ketones is 1. The smallest absolute Gasteiger partial charge is 0.243 e. The van der Waals surface area contributed by atoms with E-state index in [1.54, 1.807) is 36.5 Å². The molecular formula is C21H24N3O3S+. The van der Waals surface area contributed by atoms with E-state index in [0.717, 1.165) is 15.8 Å². The summed E-state index contributed by atoms with van der Waals surface area (Å²) in [5.74, 6) is 0.0896. The molecule has 4 rings (SSSR count). The number of carbonyl (C=O) groups is 1. The zero-order chi connectivity index (χ0) is 19.7. The molecule has 0 amide bonds. The lowest BCUT2D eigenvalue weighted by molar-refractivity contribution is -0.917. The molecule has 2 N–H and O–H groups in total. The second kappa shape index (κ2) is 7.50. The van der Waals surface area contributed by atoms with Crippen molar-refractivity contribution in [2.24, 2.45) is 0 Å². The predicted molar refractivity (Wildman–Crippen MR) is 108 cm³/mol. The van der Waals surface area contributed by atoms with Gasteiger partial charge in [0.05, 0.1) is 31.1 Å². The first-order valence-corrected chi connectivity index (χ1v) is 10.9. The maximum atomic E-state index is 13.0. The van der Waals surface area contributed by atoms with Crippen LogP contribution in [-0.2, 0) is 10.0 Å². The summed E-state index contributed by atoms with van der Waals surface area (Å²) in [4.78, 5) is 17.6. The Hall–Kier alpha value is -2.48. The van der Waals surface area contributed by atoms with Crippen LogP contribution < -0.4 is 4.90 Å². The summed E-state index contributed by atoms with van der Waals surface area (Å²) in [6.07, 6.45) is 1.78. The van der Waals surface area contributed by atoms with Crippen molar-refractivity contribution in [3.63, 3.8) is 0 Å². The highest BCUT2D eigenvalue weighted by molar-refractivity contribution is 7.89. The van der Waals surface area contributed by atoms with E-state index in [1.807, 2.05) is 31.2 Å². The minimum Gasteiger partial charge on any atom is -0.360 e. The van der Waals surface area contributed by atoms with E-state index >= 15 is 0 Å². The third-order valence-electron chi connectivity index (χ3n) is 5.61. The van der Waals surface area contributed by atoms with Crippen LogP contribution >= 0.6 is 0 Å². The number of fused-ring (bicyclic) bond motifs is 1. The van der Waals surface area contributed by atoms with Crippen molar-refractivity contribution in [1.29, 1.82) is 0 Å². The van der Waals surface area contributed by atoms with Gasteiger partial charge in [0.2, 0.25) is 15.8 Å². The van der Waals surface area contributed by atoms with E-state index in [9.17, 15) is 13.2 Å². The Morgan fingerprint density at radius 2 is 1.68 bits per heavy atom. The number of quaternary nitrogens is 1. The number of sulfonamides is 1. The van der Waals surface area contributed by atoms with Crippen LogP contribution in [0.5, 0.6) is 0 Å². The van der Waals surface area contributed by atoms with E-state index in [4.69, 9.17) is 0 Å². The number of para-hydroxylation sites is 1. The van der Waals surface area contributed by atoms with Crippen molar-refractivity contribution >= 4 is 26.7 Å². The first-order valence-electron chi connectivity index (χ1n) is 9.48. The van der Waals surface area contributed by atoms with Crippen LogP contribution in [0.4, 0.5) is 0 Å². The molecule has 0 unspecified atom stereocenters. The largest absolute Gasteiger partial charge is 0.360 e. The highest BCUT2D eigenvalue weighted by Crippen LogP contribution is 2.19. The standard InChI is InChI=1S/C21H23N3O3S/c1-16(21(25)19-15-22-20-10-6-5-9-18(19)20)23-11-13-24(14-12-23)28(26,27)17-7-3-2-4-8-17/h2-10,15-16,22H,11-14H2,1H3/p+1/t16-/m0/s1. The van der Waals surface area contributed by atoms with Crippen LogP contribution in [0.2, 0.25) is 0 Å². The number of H-pyrrole nitrogens is 1. The Bertz CT molecular complexity index is 1080. The molecule has 28 heavy (non-hydrogen) atoms. The molecular weight excluding hydrogens is 374 g/mol. The molecule has 1 aliphatic heterocycles. The number of carbonyl (C=O) groups excluding carboxylic acids is 1. The molecule has 1 atom stereocenters. The molecule has 2 heterocycles. The number of benzene rings is 2. The van der Waals surface area contributed by atoms with Crippen LogP contribution in [0, 0.1) is 0 Å². The van der Waals surface area contributed by atoms with E-state index in [-0.39, 0.29) is 11.8 Å². The fourth-order valence-corrected chi connectivity index (χ4v) is 5.34. The van der Waals surface area contributed by atoms with Gasteiger partial charge in [0.15, 0.2) is 0 Å². The number of Topliss-reactive ketones (excluding diaryl/α,β-unsaturated/α-hetero) is 1. The minimum atomic E-state index is -3.47. The summed E-state index contributed by atoms with van der Waals surface area (Å²) in [6, 6.07) is 16.1. The number of aromatic amines is 1. The number of hydrogen-bond acceptors (Lipinski definition) is 3. The number of aromatic nitrogens is 1. The number of rotatable bonds is 5. The number of nitrogens with zero attached hydrogens (tertiary/aromatic N) is 1. The van der Waals surface area contributed by atoms with Gasteiger partial charge in [-0.3, -0.25) is 4.79 Å². The lowest BCUT2D eigenvalue weighted by Crippen LogP contribution is -3.18. The van der Waals surface area contributed by atoms with Crippen molar-refractivity contribution in [1.82, 2.24) is 9.29 Å². The molecule has 7 heteroatoms. The van der Waals surface area contributed by atoms with Crippen LogP contribution in [0.3, 0.4) is 0 Å². The average molecular weight is 399 g/mol. The van der Waals surface area contributed by atoms with Gasteiger partial charge in [0, 0.05) is 22.7 Å². The molecule has 1 saturated heterocycles. The monoisotopic (exact) mass is 398 g/mol. The Balaban J connectivity index is 1.45. The summed E-state index contributed by atoms with van der Waals surface area (Å²) >= 11 is 0. The van der Waals surface area contributed by atoms with E-state index < -0.39 is 10.0 Å². The molecule has 3 aromatic rings. The summed E-state index contributed by atoms with van der Waals surface area (Å²) in [7, 11) is -3.47. The van der Waals surface area contributed by atoms with Crippen LogP contribution in [0.25, 0.3) is 10.9 Å². The molecule has 2 aromatic carbocycles. The van der Waals surface area contributed by atoms with Crippen LogP contribution in [-0.4, -0.2) is 55.7 Å². The van der Waals surface area contributed by atoms with Crippen LogP contribution in [0.1, 0.15) is 17.3 Å². The lowest BCUT2D eigenvalue weighted by atomic mass is 10.0. The molecule has 0 aliphatic carbocycles. The van der Waals surface area contributed by atoms with Gasteiger partial charge in [0.1, 0.15) is 6.04 Å². The zero-order valence-corrected chi connectivity index (χ0v) is 16.6. The second-order valence-corrected chi connectivity index (χ2v) is 9.15. The van der Waals surface area contributed by atoms with Crippen molar-refractivity contribution in [2.75, 3.05) is 26.2 Å². The quantitative estimate of drug-likeness (QED) is 0.637. The highest BCUT2D eigenvalue weighted by atomic mass is 32.2. The predicted octanol–water partition coefficient (Wildman–Crippen LogP) is 1.33. The van der Waals surface area contributed by atoms with Gasteiger partial charge in [-0.25, -0.2) is 8.42 Å². The molecule has 0 spiro atoms. The highest BCUT2D eigenvalue weighted by Gasteiger charge is 2.35. The third kappa shape index (κ3) is 3.37. The van der Waals surface area contributed by atoms with Crippen molar-refractivity contribution in [3.8, 4) is 0 Å². The van der Waals surface area contributed by atoms with Crippen molar-refractivity contribution in [3.05, 3.63) is 66.4 Å². The van der Waals surface area contributed by atoms with Crippen LogP contribution in [0.15, 0.2) is 65.7 Å². The molecule has 146 valence electrons. The first-order chi connectivity index (χ1) is 13.5. The fourth-order valence-electron chi connectivity index (χ4n) is 3.88. The second-order valence-electron chi connectivity index (χ2n) is 7.21. The van der Waals surface area contributed by atoms with Gasteiger partial charge in [-0.15, -0.1) is 0 Å². The molecule has 1 aromatic heterocycles. The summed E-state index contributed by atoms with van der Waals surface area (Å²) < 4.78 is 27.1. The van der Waals surface area contributed by atoms with Gasteiger partial charge < -0.3 is 9.88 Å². The van der Waals surface area contributed by atoms with E-state index in [1.165, 1.54) is 4.31 Å². The Morgan fingerprint density at radius 1 is 1.04 bits per heavy atom. The summed E-state index contributed by atoms with van der Waals surface area (Å²) in [5, 5.41) is 0.934. The molecule has 0 bridgehead atoms. The number of hydrogen-bond donors (Lipinski definition) is 2. The lowest BCUT2D eigenvalue weighted by Gasteiger charge is -2.34. The van der Waals surface area contributed by atoms with Gasteiger partial charge in [-0.05, 0) is 25.1 Å². The Morgan fingerprint density at radius 3 is 2.39 bits per heavy atom. The van der Waals surface area contributed by atoms with Gasteiger partial charge >= 0.3 is 0 Å². The van der Waals surface area contributed by atoms with Gasteiger partial charge in [-0.1, -0.05) is 36.4 Å². The minimum absolute atomic E-state index is 0.0896. The van der Waals surface area contributed by atoms with E-state index in [2.05, 4.69) is 4.98 Å². The normalized spacial score (nSPS) is 17.6. The Kier molecular flexibility index (Phi) is 5.05. The number of nitrogens with one attached hydrogen (secondary N) is 2. The van der Waals surface area contributed by atoms with Gasteiger partial charge in [0.25, 0.3) is 0 Å². The maximum absolute atomic E-state index is 13.0.